The van der Waals surface area contributed by atoms with Gasteiger partial charge < -0.3 is 25.7 Å². The number of nitrogens with one attached hydrogen (secondary N) is 1. The monoisotopic (exact) mass is 543 g/mol. The molecule has 1 unspecified atom stereocenters. The largest absolute Gasteiger partial charge is 0.477 e. The summed E-state index contributed by atoms with van der Waals surface area (Å²) in [6.07, 6.45) is 1.39. The number of oxime groups is 1. The maximum atomic E-state index is 13.1. The van der Waals surface area contributed by atoms with E-state index in [0.29, 0.717) is 11.3 Å². The van der Waals surface area contributed by atoms with Gasteiger partial charge in [0.05, 0.1) is 0 Å². The summed E-state index contributed by atoms with van der Waals surface area (Å²) >= 11 is 2.35. The first-order valence-corrected chi connectivity index (χ1v) is 12.7. The number of thiazole rings is 1. The Morgan fingerprint density at radius 1 is 1.32 bits per heavy atom. The van der Waals surface area contributed by atoms with Crippen LogP contribution < -0.4 is 11.1 Å². The second kappa shape index (κ2) is 11.3. The predicted molar refractivity (Wildman–Crippen MR) is 135 cm³/mol. The van der Waals surface area contributed by atoms with E-state index in [9.17, 15) is 24.3 Å². The Balaban J connectivity index is 1.42. The van der Waals surface area contributed by atoms with Crippen molar-refractivity contribution in [3.8, 4) is 0 Å². The number of ether oxygens (including phenoxy) is 1. The Labute approximate surface area is 218 Å². The molecule has 1 aromatic heterocycles. The number of amides is 2. The van der Waals surface area contributed by atoms with Crippen LogP contribution in [-0.2, 0) is 35.4 Å². The molecule has 12 nitrogen and oxygen atoms in total. The topological polar surface area (TPSA) is 174 Å². The molecule has 0 aliphatic carbocycles. The number of carboxylic acid groups (broad SMARTS) is 1. The van der Waals surface area contributed by atoms with E-state index in [1.807, 2.05) is 18.2 Å². The highest BCUT2D eigenvalue weighted by atomic mass is 32.2. The highest BCUT2D eigenvalue weighted by Gasteiger charge is 2.54. The molecule has 14 heteroatoms. The fourth-order valence-corrected chi connectivity index (χ4v) is 5.43. The third kappa shape index (κ3) is 5.65. The van der Waals surface area contributed by atoms with E-state index >= 15 is 0 Å². The lowest BCUT2D eigenvalue weighted by atomic mass is 10.0. The summed E-state index contributed by atoms with van der Waals surface area (Å²) in [6.45, 7) is 3.07. The van der Waals surface area contributed by atoms with Gasteiger partial charge in [-0.25, -0.2) is 14.6 Å². The number of aromatic nitrogens is 1. The fraction of sp³-hybridized carbons (Fsp3) is 0.217. The molecule has 0 radical (unpaired) electrons. The SMILES string of the molecule is C=CC1=C(C(=O)O)N2C(=O)C(NC(=O)C(=NOCC(=O)OCc3ccccc3)c3csc(N)n3)[C@@H]2SC1. The molecule has 0 spiro atoms. The van der Waals surface area contributed by atoms with Crippen molar-refractivity contribution in [1.82, 2.24) is 15.2 Å². The number of thioether (sulfide) groups is 1. The lowest BCUT2D eigenvalue weighted by molar-refractivity contribution is -0.150. The number of hydrogen-bond donors (Lipinski definition) is 3. The number of fused-ring (bicyclic) bond motifs is 1. The zero-order valence-electron chi connectivity index (χ0n) is 19.2. The van der Waals surface area contributed by atoms with Crippen LogP contribution in [0.1, 0.15) is 11.3 Å². The number of carbonyl (C=O) groups excluding carboxylic acids is 3. The maximum absolute atomic E-state index is 13.1. The third-order valence-electron chi connectivity index (χ3n) is 5.29. The third-order valence-corrected chi connectivity index (χ3v) is 7.27. The molecular formula is C23H21N5O7S2. The van der Waals surface area contributed by atoms with E-state index in [4.69, 9.17) is 15.3 Å². The number of rotatable bonds is 10. The number of nitrogen functional groups attached to an aromatic ring is 1. The summed E-state index contributed by atoms with van der Waals surface area (Å²) in [5.74, 6) is -3.06. The lowest BCUT2D eigenvalue weighted by Crippen LogP contribution is -2.71. The van der Waals surface area contributed by atoms with Crippen molar-refractivity contribution in [2.45, 2.75) is 18.0 Å². The number of β-lactam (4-membered cyclic amide) rings is 1. The van der Waals surface area contributed by atoms with Crippen molar-refractivity contribution in [2.24, 2.45) is 5.16 Å². The van der Waals surface area contributed by atoms with E-state index in [1.54, 1.807) is 12.1 Å². The Morgan fingerprint density at radius 2 is 2.08 bits per heavy atom. The summed E-state index contributed by atoms with van der Waals surface area (Å²) in [4.78, 5) is 59.7. The number of carboxylic acids is 1. The van der Waals surface area contributed by atoms with Gasteiger partial charge in [0.25, 0.3) is 11.8 Å². The van der Waals surface area contributed by atoms with Crippen molar-refractivity contribution < 1.29 is 33.9 Å². The van der Waals surface area contributed by atoms with Gasteiger partial charge in [0, 0.05) is 11.1 Å². The van der Waals surface area contributed by atoms with Gasteiger partial charge in [-0.05, 0) is 11.1 Å². The molecule has 4 rings (SSSR count). The quantitative estimate of drug-likeness (QED) is 0.170. The van der Waals surface area contributed by atoms with Gasteiger partial charge in [0.1, 0.15) is 29.4 Å². The lowest BCUT2D eigenvalue weighted by Gasteiger charge is -2.49. The summed E-state index contributed by atoms with van der Waals surface area (Å²) in [6, 6.07) is 8.04. The second-order valence-corrected chi connectivity index (χ2v) is 9.67. The molecule has 2 atom stereocenters. The molecule has 37 heavy (non-hydrogen) atoms. The summed E-state index contributed by atoms with van der Waals surface area (Å²) < 4.78 is 5.11. The second-order valence-electron chi connectivity index (χ2n) is 7.67. The minimum Gasteiger partial charge on any atom is -0.477 e. The standard InChI is InChI=1S/C23H21N5O7S2/c1-2-13-10-36-21-17(20(31)28(21)18(13)22(32)33)26-19(30)16(14-11-37-23(24)25-14)27-35-9-15(29)34-8-12-6-4-3-5-7-12/h2-7,11,17,21H,1,8-10H2,(H2,24,25)(H,26,30)(H,32,33)/t17?,21-/m0/s1. The molecule has 1 aromatic carbocycles. The molecule has 0 saturated carbocycles. The molecule has 2 aliphatic rings. The zero-order valence-corrected chi connectivity index (χ0v) is 20.8. The van der Waals surface area contributed by atoms with Crippen LogP contribution in [-0.4, -0.2) is 68.2 Å². The van der Waals surface area contributed by atoms with Crippen LogP contribution in [0.5, 0.6) is 0 Å². The first kappa shape index (κ1) is 25.9. The first-order valence-electron chi connectivity index (χ1n) is 10.8. The zero-order chi connectivity index (χ0) is 26.5. The van der Waals surface area contributed by atoms with Crippen LogP contribution in [0, 0.1) is 0 Å². The van der Waals surface area contributed by atoms with E-state index in [2.05, 4.69) is 22.0 Å². The van der Waals surface area contributed by atoms with Crippen LogP contribution in [0.3, 0.4) is 0 Å². The average Bonchev–Trinajstić information content (AvgIpc) is 3.33. The van der Waals surface area contributed by atoms with Crippen LogP contribution in [0.25, 0.3) is 0 Å². The molecule has 4 N–H and O–H groups in total. The summed E-state index contributed by atoms with van der Waals surface area (Å²) in [5.41, 5.74) is 6.50. The number of nitrogens with zero attached hydrogens (tertiary/aromatic N) is 3. The smallest absolute Gasteiger partial charge is 0.352 e. The molecule has 1 fully saturated rings. The highest BCUT2D eigenvalue weighted by Crippen LogP contribution is 2.40. The molecule has 3 heterocycles. The van der Waals surface area contributed by atoms with Gasteiger partial charge in [-0.15, -0.1) is 23.1 Å². The summed E-state index contributed by atoms with van der Waals surface area (Å²) in [7, 11) is 0. The number of benzene rings is 1. The van der Waals surface area contributed by atoms with Crippen molar-refractivity contribution in [3.05, 3.63) is 70.9 Å². The highest BCUT2D eigenvalue weighted by molar-refractivity contribution is 8.00. The van der Waals surface area contributed by atoms with Crippen molar-refractivity contribution in [2.75, 3.05) is 18.1 Å². The van der Waals surface area contributed by atoms with Crippen molar-refractivity contribution in [1.29, 1.82) is 0 Å². The molecule has 1 saturated heterocycles. The number of anilines is 1. The minimum atomic E-state index is -1.26. The van der Waals surface area contributed by atoms with Gasteiger partial charge in [-0.1, -0.05) is 48.1 Å². The molecule has 192 valence electrons. The average molecular weight is 544 g/mol. The van der Waals surface area contributed by atoms with E-state index < -0.39 is 41.8 Å². The molecule has 2 aliphatic heterocycles. The Bertz CT molecular complexity index is 1310. The van der Waals surface area contributed by atoms with Crippen molar-refractivity contribution >= 4 is 57.7 Å². The van der Waals surface area contributed by atoms with Gasteiger partial charge in [-0.2, -0.15) is 0 Å². The first-order chi connectivity index (χ1) is 17.8. The van der Waals surface area contributed by atoms with Gasteiger partial charge in [0.15, 0.2) is 10.8 Å². The molecule has 2 aromatic rings. The van der Waals surface area contributed by atoms with Gasteiger partial charge in [0.2, 0.25) is 6.61 Å². The summed E-state index contributed by atoms with van der Waals surface area (Å²) in [5, 5.41) is 16.9. The van der Waals surface area contributed by atoms with Crippen LogP contribution in [0.2, 0.25) is 0 Å². The minimum absolute atomic E-state index is 0.0441. The Morgan fingerprint density at radius 3 is 2.73 bits per heavy atom. The maximum Gasteiger partial charge on any atom is 0.352 e. The number of hydrogen-bond acceptors (Lipinski definition) is 11. The van der Waals surface area contributed by atoms with Crippen LogP contribution in [0.15, 0.2) is 64.8 Å². The predicted octanol–water partition coefficient (Wildman–Crippen LogP) is 1.11. The molecular weight excluding hydrogens is 522 g/mol. The van der Waals surface area contributed by atoms with Gasteiger partial charge in [-0.3, -0.25) is 14.5 Å². The van der Waals surface area contributed by atoms with Crippen LogP contribution >= 0.6 is 23.1 Å². The molecule has 0 bridgehead atoms. The normalized spacial score (nSPS) is 19.0. The Kier molecular flexibility index (Phi) is 7.89. The number of esters is 1. The molecule has 2 amide bonds. The number of carbonyl (C=O) groups is 4. The fourth-order valence-electron chi connectivity index (χ4n) is 3.54. The number of allylic oxidation sites excluding steroid dienone is 1. The van der Waals surface area contributed by atoms with E-state index in [1.165, 1.54) is 23.2 Å². The van der Waals surface area contributed by atoms with Crippen LogP contribution in [0.4, 0.5) is 5.13 Å². The van der Waals surface area contributed by atoms with E-state index in [0.717, 1.165) is 21.8 Å². The Hall–Kier alpha value is -4.17. The van der Waals surface area contributed by atoms with Gasteiger partial charge >= 0.3 is 11.9 Å². The number of nitrogens with two attached hydrogens (primary N) is 1. The number of aliphatic carboxylic acids is 1. The van der Waals surface area contributed by atoms with Crippen molar-refractivity contribution in [3.63, 3.8) is 0 Å². The van der Waals surface area contributed by atoms with E-state index in [-0.39, 0.29) is 28.8 Å².